The average Bonchev–Trinajstić information content (AvgIpc) is 3.79. The van der Waals surface area contributed by atoms with Crippen LogP contribution >= 0.6 is 0 Å². The van der Waals surface area contributed by atoms with Gasteiger partial charge in [0, 0.05) is 100 Å². The Morgan fingerprint density at radius 3 is 2.38 bits per heavy atom. The SMILES string of the molecule is Cc1nc2n(c(=O)c1CCN1CCC(c3noc4cc(F)ccc34)CC1)CCCC2OCCCCCC(=O)N1CCN(C(=O)CCC(=O)ON2C(=O)CCC2O)CC1. The van der Waals surface area contributed by atoms with Crippen molar-refractivity contribution in [2.24, 2.45) is 0 Å². The third kappa shape index (κ3) is 9.75. The van der Waals surface area contributed by atoms with E-state index < -0.39 is 18.1 Å². The molecule has 3 saturated heterocycles. The summed E-state index contributed by atoms with van der Waals surface area (Å²) in [6.07, 6.45) is 5.44. The minimum absolute atomic E-state index is 0.0218. The maximum Gasteiger partial charge on any atom is 0.333 e. The van der Waals surface area contributed by atoms with Crippen molar-refractivity contribution < 1.29 is 42.8 Å². The maximum absolute atomic E-state index is 13.7. The van der Waals surface area contributed by atoms with E-state index in [4.69, 9.17) is 19.1 Å². The number of amides is 3. The lowest BCUT2D eigenvalue weighted by Crippen LogP contribution is -2.50. The van der Waals surface area contributed by atoms with E-state index in [2.05, 4.69) is 10.1 Å². The number of carbonyl (C=O) groups excluding carboxylic acids is 4. The second kappa shape index (κ2) is 18.9. The molecule has 2 aromatic heterocycles. The molecular formula is C41H54FN7O9. The Hall–Kier alpha value is -4.74. The number of aromatic nitrogens is 3. The van der Waals surface area contributed by atoms with E-state index in [9.17, 15) is 33.5 Å². The zero-order chi connectivity index (χ0) is 40.8. The molecule has 4 aliphatic rings. The molecule has 0 radical (unpaired) electrons. The predicted molar refractivity (Wildman–Crippen MR) is 206 cm³/mol. The van der Waals surface area contributed by atoms with Gasteiger partial charge < -0.3 is 33.9 Å². The maximum atomic E-state index is 13.7. The number of hydrogen-bond acceptors (Lipinski definition) is 12. The van der Waals surface area contributed by atoms with E-state index in [1.807, 2.05) is 6.92 Å². The Morgan fingerprint density at radius 2 is 1.66 bits per heavy atom. The number of carbonyl (C=O) groups is 4. The van der Waals surface area contributed by atoms with Crippen LogP contribution in [-0.4, -0.2) is 122 Å². The molecule has 6 heterocycles. The molecule has 58 heavy (non-hydrogen) atoms. The van der Waals surface area contributed by atoms with Crippen LogP contribution in [0.5, 0.6) is 0 Å². The van der Waals surface area contributed by atoms with Crippen LogP contribution in [0.15, 0.2) is 27.5 Å². The number of likely N-dealkylation sites (tertiary alicyclic amines) is 1. The van der Waals surface area contributed by atoms with Crippen molar-refractivity contribution in [1.82, 2.24) is 34.5 Å². The van der Waals surface area contributed by atoms with Crippen LogP contribution in [0.4, 0.5) is 4.39 Å². The van der Waals surface area contributed by atoms with Crippen molar-refractivity contribution in [3.63, 3.8) is 0 Å². The predicted octanol–water partition coefficient (Wildman–Crippen LogP) is 3.52. The summed E-state index contributed by atoms with van der Waals surface area (Å²) >= 11 is 0. The third-order valence-electron chi connectivity index (χ3n) is 12.0. The number of hydrogen-bond donors (Lipinski definition) is 1. The Labute approximate surface area is 336 Å². The number of halogens is 1. The van der Waals surface area contributed by atoms with E-state index in [0.717, 1.165) is 86.9 Å². The van der Waals surface area contributed by atoms with Crippen LogP contribution in [-0.2, 0) is 41.7 Å². The zero-order valence-electron chi connectivity index (χ0n) is 33.2. The van der Waals surface area contributed by atoms with Gasteiger partial charge in [-0.15, -0.1) is 5.06 Å². The van der Waals surface area contributed by atoms with Gasteiger partial charge in [-0.2, -0.15) is 0 Å². The van der Waals surface area contributed by atoms with Gasteiger partial charge in [0.2, 0.25) is 11.8 Å². The van der Waals surface area contributed by atoms with Crippen molar-refractivity contribution in [3.05, 3.63) is 57.1 Å². The van der Waals surface area contributed by atoms with Crippen molar-refractivity contribution in [2.75, 3.05) is 52.4 Å². The highest BCUT2D eigenvalue weighted by atomic mass is 19.1. The Balaban J connectivity index is 0.780. The molecule has 16 nitrogen and oxygen atoms in total. The standard InChI is InChI=1S/C41H54FN7O9/c1-27-30(16-20-45-18-14-28(15-19-45)39-31-9-8-29(42)26-33(31)57-44-39)41(55)48-17-5-6-32(40(48)43-27)56-25-4-2-3-7-34(50)46-21-23-47(24-22-46)35(51)12-13-38(54)58-49-36(52)10-11-37(49)53/h8-9,26,28,32,36,52H,2-7,10-25H2,1H3. The van der Waals surface area contributed by atoms with Crippen LogP contribution in [0.2, 0.25) is 0 Å². The molecule has 314 valence electrons. The van der Waals surface area contributed by atoms with E-state index in [1.165, 1.54) is 12.1 Å². The number of fused-ring (bicyclic) bond motifs is 2. The van der Waals surface area contributed by atoms with E-state index in [-0.39, 0.29) is 60.9 Å². The molecule has 2 unspecified atom stereocenters. The lowest BCUT2D eigenvalue weighted by atomic mass is 9.91. The van der Waals surface area contributed by atoms with Crippen molar-refractivity contribution in [2.45, 2.75) is 115 Å². The summed E-state index contributed by atoms with van der Waals surface area (Å²) in [4.78, 5) is 78.6. The Morgan fingerprint density at radius 1 is 0.914 bits per heavy atom. The van der Waals surface area contributed by atoms with Crippen molar-refractivity contribution >= 4 is 34.7 Å². The number of hydroxylamine groups is 2. The van der Waals surface area contributed by atoms with Gasteiger partial charge in [0.25, 0.3) is 11.5 Å². The summed E-state index contributed by atoms with van der Waals surface area (Å²) in [5, 5.41) is 15.5. The first kappa shape index (κ1) is 41.4. The molecule has 17 heteroatoms. The van der Waals surface area contributed by atoms with Gasteiger partial charge in [0.15, 0.2) is 11.8 Å². The van der Waals surface area contributed by atoms with Crippen molar-refractivity contribution in [3.8, 4) is 0 Å². The van der Waals surface area contributed by atoms with Gasteiger partial charge in [-0.25, -0.2) is 14.2 Å². The fourth-order valence-corrected chi connectivity index (χ4v) is 8.54. The molecule has 1 aromatic carbocycles. The molecule has 0 aliphatic carbocycles. The van der Waals surface area contributed by atoms with E-state index in [1.54, 1.807) is 20.4 Å². The summed E-state index contributed by atoms with van der Waals surface area (Å²) in [5.74, 6) is -0.785. The highest BCUT2D eigenvalue weighted by molar-refractivity contribution is 5.84. The van der Waals surface area contributed by atoms with Crippen LogP contribution in [0.1, 0.15) is 112 Å². The van der Waals surface area contributed by atoms with Gasteiger partial charge >= 0.3 is 5.97 Å². The Bertz CT molecular complexity index is 2020. The highest BCUT2D eigenvalue weighted by Gasteiger charge is 2.34. The van der Waals surface area contributed by atoms with Gasteiger partial charge in [-0.3, -0.25) is 23.7 Å². The quantitative estimate of drug-likeness (QED) is 0.221. The van der Waals surface area contributed by atoms with Gasteiger partial charge in [-0.1, -0.05) is 11.6 Å². The lowest BCUT2D eigenvalue weighted by molar-refractivity contribution is -0.220. The Kier molecular flexibility index (Phi) is 13.5. The summed E-state index contributed by atoms with van der Waals surface area (Å²) in [6, 6.07) is 4.56. The molecule has 3 aromatic rings. The first-order valence-corrected chi connectivity index (χ1v) is 20.8. The van der Waals surface area contributed by atoms with E-state index in [0.29, 0.717) is 68.6 Å². The molecule has 3 amide bonds. The average molecular weight is 808 g/mol. The summed E-state index contributed by atoms with van der Waals surface area (Å²) in [5.41, 5.74) is 2.90. The van der Waals surface area contributed by atoms with Crippen LogP contribution in [0.3, 0.4) is 0 Å². The number of unbranched alkanes of at least 4 members (excludes halogenated alkanes) is 2. The van der Waals surface area contributed by atoms with Crippen molar-refractivity contribution in [1.29, 1.82) is 0 Å². The molecule has 0 bridgehead atoms. The van der Waals surface area contributed by atoms with Crippen LogP contribution in [0, 0.1) is 12.7 Å². The first-order chi connectivity index (χ1) is 28.0. The smallest absolute Gasteiger partial charge is 0.333 e. The second-order valence-corrected chi connectivity index (χ2v) is 15.8. The number of piperazine rings is 1. The number of piperidine rings is 1. The van der Waals surface area contributed by atoms with Gasteiger partial charge in [0.1, 0.15) is 17.7 Å². The summed E-state index contributed by atoms with van der Waals surface area (Å²) in [7, 11) is 0. The first-order valence-electron chi connectivity index (χ1n) is 20.8. The minimum Gasteiger partial charge on any atom is -0.370 e. The van der Waals surface area contributed by atoms with Gasteiger partial charge in [0.05, 0.1) is 12.1 Å². The zero-order valence-corrected chi connectivity index (χ0v) is 33.2. The molecule has 0 saturated carbocycles. The molecule has 2 atom stereocenters. The molecule has 0 spiro atoms. The number of benzene rings is 1. The summed E-state index contributed by atoms with van der Waals surface area (Å²) in [6.45, 7) is 7.18. The fraction of sp³-hybridized carbons (Fsp3) is 0.634. The van der Waals surface area contributed by atoms with Crippen LogP contribution in [0.25, 0.3) is 11.0 Å². The molecule has 1 N–H and O–H groups in total. The topological polar surface area (TPSA) is 181 Å². The largest absolute Gasteiger partial charge is 0.370 e. The number of aliphatic hydroxyl groups is 1. The number of aryl methyl sites for hydroxylation is 1. The van der Waals surface area contributed by atoms with Crippen LogP contribution < -0.4 is 5.56 Å². The summed E-state index contributed by atoms with van der Waals surface area (Å²) < 4.78 is 27.1. The lowest BCUT2D eigenvalue weighted by Gasteiger charge is -2.35. The second-order valence-electron chi connectivity index (χ2n) is 15.8. The number of nitrogens with zero attached hydrogens (tertiary/aromatic N) is 7. The molecule has 4 aliphatic heterocycles. The van der Waals surface area contributed by atoms with Gasteiger partial charge in [-0.05, 0) is 77.1 Å². The molecule has 3 fully saturated rings. The van der Waals surface area contributed by atoms with E-state index >= 15 is 0 Å². The fourth-order valence-electron chi connectivity index (χ4n) is 8.54. The highest BCUT2D eigenvalue weighted by Crippen LogP contribution is 2.33. The minimum atomic E-state index is -1.15. The third-order valence-corrected chi connectivity index (χ3v) is 12.0. The number of rotatable bonds is 15. The number of aliphatic hydroxyl groups excluding tert-OH is 1. The molecular weight excluding hydrogens is 753 g/mol. The number of ether oxygens (including phenoxy) is 1. The normalized spacial score (nSPS) is 20.5. The molecule has 7 rings (SSSR count). The monoisotopic (exact) mass is 807 g/mol.